The largest absolute Gasteiger partial charge is 0.479 e. The first-order valence-electron chi connectivity index (χ1n) is 12.4. The van der Waals surface area contributed by atoms with E-state index in [0.29, 0.717) is 5.92 Å². The molecule has 1 unspecified atom stereocenters. The van der Waals surface area contributed by atoms with E-state index in [9.17, 15) is 0 Å². The van der Waals surface area contributed by atoms with Gasteiger partial charge in [-0.05, 0) is 35.4 Å². The third-order valence-electron chi connectivity index (χ3n) is 7.40. The second-order valence-corrected chi connectivity index (χ2v) is 10.6. The first-order valence-corrected chi connectivity index (χ1v) is 13.2. The van der Waals surface area contributed by atoms with Crippen LogP contribution >= 0.6 is 11.3 Å². The Morgan fingerprint density at radius 2 is 1.76 bits per heavy atom. The topological polar surface area (TPSA) is 21.3 Å². The summed E-state index contributed by atoms with van der Waals surface area (Å²) in [6.07, 6.45) is 5.81. The van der Waals surface area contributed by atoms with Gasteiger partial charge in [0.2, 0.25) is 0 Å². The molecule has 4 heteroatoms. The van der Waals surface area contributed by atoms with E-state index in [-0.39, 0.29) is 0 Å². The summed E-state index contributed by atoms with van der Waals surface area (Å²) in [6, 6.07) is 23.8. The van der Waals surface area contributed by atoms with Crippen LogP contribution in [0.2, 0.25) is 0 Å². The van der Waals surface area contributed by atoms with Crippen LogP contribution in [0.15, 0.2) is 84.1 Å². The van der Waals surface area contributed by atoms with E-state index in [0.717, 1.165) is 37.1 Å². The predicted octanol–water partition coefficient (Wildman–Crippen LogP) is 7.15. The maximum Gasteiger partial charge on any atom is 0.186 e. The van der Waals surface area contributed by atoms with Gasteiger partial charge in [0.1, 0.15) is 6.54 Å². The van der Waals surface area contributed by atoms with E-state index in [1.165, 1.54) is 53.0 Å². The predicted molar refractivity (Wildman–Crippen MR) is 139 cm³/mol. The van der Waals surface area contributed by atoms with Crippen molar-refractivity contribution < 1.29 is 9.22 Å². The van der Waals surface area contributed by atoms with Crippen LogP contribution in [0.5, 0.6) is 0 Å². The molecule has 0 aliphatic carbocycles. The minimum Gasteiger partial charge on any atom is -0.479 e. The Hall–Kier alpha value is -2.56. The number of anilines is 1. The van der Waals surface area contributed by atoms with E-state index in [1.807, 2.05) is 0 Å². The van der Waals surface area contributed by atoms with Crippen molar-refractivity contribution in [3.05, 3.63) is 89.6 Å². The molecule has 0 spiro atoms. The summed E-state index contributed by atoms with van der Waals surface area (Å²) in [5.74, 6) is 2.35. The number of thiophene rings is 1. The number of hydrogen-bond acceptors (Lipinski definition) is 3. The van der Waals surface area contributed by atoms with Gasteiger partial charge in [-0.2, -0.15) is 0 Å². The molecule has 0 amide bonds. The van der Waals surface area contributed by atoms with Crippen LogP contribution in [0.4, 0.5) is 5.69 Å². The van der Waals surface area contributed by atoms with Crippen LogP contribution in [0.1, 0.15) is 31.7 Å². The maximum absolute atomic E-state index is 6.48. The van der Waals surface area contributed by atoms with Crippen molar-refractivity contribution in [1.82, 2.24) is 0 Å². The number of fused-ring (bicyclic) bond motifs is 3. The Bertz CT molecular complexity index is 1050. The number of benzene rings is 2. The quantitative estimate of drug-likeness (QED) is 0.271. The highest BCUT2D eigenvalue weighted by atomic mass is 32.1. The normalized spacial score (nSPS) is 24.6. The molecule has 3 nitrogen and oxygen atoms in total. The van der Waals surface area contributed by atoms with Gasteiger partial charge in [0, 0.05) is 24.3 Å². The summed E-state index contributed by atoms with van der Waals surface area (Å²) >= 11 is 1.77. The standard InChI is InChI=1S/C29H35N2OS/c1-2-9-28(30-27-16-19-33-29(27)25-12-7-4-8-13-25)32-22-26-21-31(17-14-24(26)15-18-31)20-23-10-5-3-6-11-23/h3-13,16,19,24,26,30H,2,14-15,17-18,20-22H2,1H3/q+1/b28-9+. The molecule has 1 N–H and O–H groups in total. The zero-order valence-electron chi connectivity index (χ0n) is 19.6. The zero-order chi connectivity index (χ0) is 22.5. The third kappa shape index (κ3) is 5.18. The summed E-state index contributed by atoms with van der Waals surface area (Å²) < 4.78 is 7.71. The van der Waals surface area contributed by atoms with E-state index in [4.69, 9.17) is 4.74 Å². The molecule has 2 bridgehead atoms. The molecule has 0 radical (unpaired) electrons. The lowest BCUT2D eigenvalue weighted by atomic mass is 9.77. The van der Waals surface area contributed by atoms with Crippen molar-refractivity contribution in [3.63, 3.8) is 0 Å². The minimum absolute atomic E-state index is 0.634. The van der Waals surface area contributed by atoms with Gasteiger partial charge in [0.25, 0.3) is 0 Å². The van der Waals surface area contributed by atoms with Gasteiger partial charge in [0.15, 0.2) is 5.88 Å². The number of allylic oxidation sites excluding steroid dienone is 1. The molecule has 3 saturated heterocycles. The number of nitrogens with one attached hydrogen (secondary N) is 1. The van der Waals surface area contributed by atoms with Crippen LogP contribution in [-0.2, 0) is 11.3 Å². The van der Waals surface area contributed by atoms with Crippen LogP contribution in [0.25, 0.3) is 10.4 Å². The van der Waals surface area contributed by atoms with Crippen molar-refractivity contribution >= 4 is 17.0 Å². The molecule has 172 valence electrons. The fraction of sp³-hybridized carbons (Fsp3) is 0.379. The Morgan fingerprint density at radius 3 is 2.48 bits per heavy atom. The Morgan fingerprint density at radius 1 is 1.03 bits per heavy atom. The average Bonchev–Trinajstić information content (AvgIpc) is 3.32. The number of nitrogens with zero attached hydrogens (tertiary/aromatic N) is 1. The fourth-order valence-corrected chi connectivity index (χ4v) is 6.56. The van der Waals surface area contributed by atoms with Crippen LogP contribution in [0, 0.1) is 11.8 Å². The average molecular weight is 460 g/mol. The molecule has 4 heterocycles. The second kappa shape index (κ2) is 10.1. The fourth-order valence-electron chi connectivity index (χ4n) is 5.70. The molecule has 3 aliphatic rings. The minimum atomic E-state index is 0.634. The smallest absolute Gasteiger partial charge is 0.186 e. The molecule has 3 fully saturated rings. The Balaban J connectivity index is 1.24. The number of ether oxygens (including phenoxy) is 1. The lowest BCUT2D eigenvalue weighted by Crippen LogP contribution is -2.61. The highest BCUT2D eigenvalue weighted by Crippen LogP contribution is 2.40. The van der Waals surface area contributed by atoms with Gasteiger partial charge in [-0.25, -0.2) is 0 Å². The maximum atomic E-state index is 6.48. The Labute approximate surface area is 202 Å². The first-order chi connectivity index (χ1) is 16.2. The number of piperidine rings is 3. The molecule has 3 aliphatic heterocycles. The second-order valence-electron chi connectivity index (χ2n) is 9.65. The van der Waals surface area contributed by atoms with Crippen molar-refractivity contribution in [1.29, 1.82) is 0 Å². The Kier molecular flexibility index (Phi) is 6.84. The summed E-state index contributed by atoms with van der Waals surface area (Å²) in [5, 5.41) is 5.76. The summed E-state index contributed by atoms with van der Waals surface area (Å²) in [7, 11) is 0. The van der Waals surface area contributed by atoms with Crippen molar-refractivity contribution in [3.8, 4) is 10.4 Å². The van der Waals surface area contributed by atoms with Gasteiger partial charge in [0.05, 0.1) is 36.8 Å². The summed E-state index contributed by atoms with van der Waals surface area (Å²) in [5.41, 5.74) is 3.85. The zero-order valence-corrected chi connectivity index (χ0v) is 20.4. The highest BCUT2D eigenvalue weighted by Gasteiger charge is 2.46. The molecule has 33 heavy (non-hydrogen) atoms. The van der Waals surface area contributed by atoms with Gasteiger partial charge in [-0.15, -0.1) is 11.3 Å². The van der Waals surface area contributed by atoms with Gasteiger partial charge in [-0.1, -0.05) is 67.6 Å². The van der Waals surface area contributed by atoms with E-state index < -0.39 is 0 Å². The third-order valence-corrected chi connectivity index (χ3v) is 8.36. The van der Waals surface area contributed by atoms with Crippen molar-refractivity contribution in [2.45, 2.75) is 32.7 Å². The molecule has 2 aromatic carbocycles. The molecule has 3 aromatic rings. The molecule has 1 atom stereocenters. The molecular formula is C29H35N2OS+. The van der Waals surface area contributed by atoms with Crippen LogP contribution < -0.4 is 5.32 Å². The van der Waals surface area contributed by atoms with Gasteiger partial charge >= 0.3 is 0 Å². The van der Waals surface area contributed by atoms with Gasteiger partial charge in [-0.3, -0.25) is 0 Å². The van der Waals surface area contributed by atoms with Crippen molar-refractivity contribution in [2.24, 2.45) is 11.8 Å². The highest BCUT2D eigenvalue weighted by molar-refractivity contribution is 7.14. The first kappa shape index (κ1) is 22.2. The van der Waals surface area contributed by atoms with Crippen LogP contribution in [0.3, 0.4) is 0 Å². The molecule has 1 aromatic heterocycles. The lowest BCUT2D eigenvalue weighted by molar-refractivity contribution is -0.959. The van der Waals surface area contributed by atoms with E-state index in [1.54, 1.807) is 11.3 Å². The van der Waals surface area contributed by atoms with Crippen LogP contribution in [-0.4, -0.2) is 30.7 Å². The summed E-state index contributed by atoms with van der Waals surface area (Å²) in [4.78, 5) is 1.26. The van der Waals surface area contributed by atoms with E-state index >= 15 is 0 Å². The van der Waals surface area contributed by atoms with Gasteiger partial charge < -0.3 is 14.5 Å². The number of hydrogen-bond donors (Lipinski definition) is 1. The van der Waals surface area contributed by atoms with Crippen molar-refractivity contribution in [2.75, 3.05) is 31.6 Å². The SMILES string of the molecule is CC/C=C(\Nc1ccsc1-c1ccccc1)OCC1C[N+]2(Cc3ccccc3)CCC1CC2. The van der Waals surface area contributed by atoms with E-state index in [2.05, 4.69) is 90.4 Å². The molecular weight excluding hydrogens is 424 g/mol. The molecule has 6 rings (SSSR count). The number of rotatable bonds is 9. The molecule has 0 saturated carbocycles. The lowest BCUT2D eigenvalue weighted by Gasteiger charge is -2.52. The number of quaternary nitrogens is 1. The summed E-state index contributed by atoms with van der Waals surface area (Å²) in [6.45, 7) is 8.03. The monoisotopic (exact) mass is 459 g/mol.